The zero-order chi connectivity index (χ0) is 11.9. The van der Waals surface area contributed by atoms with E-state index in [2.05, 4.69) is 12.2 Å². The van der Waals surface area contributed by atoms with Crippen LogP contribution in [0.1, 0.15) is 33.6 Å². The summed E-state index contributed by atoms with van der Waals surface area (Å²) in [6.07, 6.45) is 2.07. The minimum Gasteiger partial charge on any atom is -0.481 e. The number of aliphatic carboxylic acids is 1. The monoisotopic (exact) mass is 217 g/mol. The third kappa shape index (κ3) is 5.74. The van der Waals surface area contributed by atoms with Crippen molar-refractivity contribution in [3.05, 3.63) is 0 Å². The maximum Gasteiger partial charge on any atom is 0.310 e. The smallest absolute Gasteiger partial charge is 0.310 e. The Bertz CT molecular complexity index is 186. The summed E-state index contributed by atoms with van der Waals surface area (Å²) in [5.74, 6) is -0.775. The Morgan fingerprint density at radius 3 is 2.53 bits per heavy atom. The number of carboxylic acid groups (broad SMARTS) is 1. The van der Waals surface area contributed by atoms with E-state index >= 15 is 0 Å². The predicted molar refractivity (Wildman–Crippen MR) is 60.0 cm³/mol. The third-order valence-corrected chi connectivity index (χ3v) is 2.42. The van der Waals surface area contributed by atoms with Crippen molar-refractivity contribution in [2.75, 3.05) is 20.3 Å². The van der Waals surface area contributed by atoms with Gasteiger partial charge in [0.05, 0.1) is 12.0 Å². The van der Waals surface area contributed by atoms with E-state index in [1.165, 1.54) is 0 Å². The fourth-order valence-electron chi connectivity index (χ4n) is 1.27. The lowest BCUT2D eigenvalue weighted by Crippen LogP contribution is -2.42. The molecule has 0 heterocycles. The summed E-state index contributed by atoms with van der Waals surface area (Å²) in [5, 5.41) is 12.2. The Kier molecular flexibility index (Phi) is 6.52. The van der Waals surface area contributed by atoms with Crippen molar-refractivity contribution in [2.24, 2.45) is 5.41 Å². The van der Waals surface area contributed by atoms with Crippen molar-refractivity contribution in [3.8, 4) is 0 Å². The highest BCUT2D eigenvalue weighted by Gasteiger charge is 2.27. The molecule has 0 saturated heterocycles. The van der Waals surface area contributed by atoms with Gasteiger partial charge in [-0.25, -0.2) is 0 Å². The van der Waals surface area contributed by atoms with Crippen molar-refractivity contribution < 1.29 is 14.6 Å². The number of methoxy groups -OCH3 is 1. The van der Waals surface area contributed by atoms with Crippen molar-refractivity contribution in [2.45, 2.75) is 39.7 Å². The summed E-state index contributed by atoms with van der Waals surface area (Å²) in [6, 6.07) is 0.249. The lowest BCUT2D eigenvalue weighted by molar-refractivity contribution is -0.146. The Balaban J connectivity index is 4.02. The molecule has 90 valence electrons. The van der Waals surface area contributed by atoms with E-state index in [1.807, 2.05) is 0 Å². The molecule has 0 aliphatic rings. The SMILES string of the molecule is CCCC(COC)NCC(C)(C)C(=O)O. The molecule has 0 spiro atoms. The van der Waals surface area contributed by atoms with Crippen LogP contribution >= 0.6 is 0 Å². The molecule has 2 N–H and O–H groups in total. The minimum atomic E-state index is -0.775. The van der Waals surface area contributed by atoms with E-state index in [9.17, 15) is 4.79 Å². The molecule has 15 heavy (non-hydrogen) atoms. The molecule has 0 aliphatic carbocycles. The highest BCUT2D eigenvalue weighted by atomic mass is 16.5. The number of rotatable bonds is 8. The highest BCUT2D eigenvalue weighted by Crippen LogP contribution is 2.14. The molecular weight excluding hydrogens is 194 g/mol. The second-order valence-electron chi connectivity index (χ2n) is 4.51. The fraction of sp³-hybridized carbons (Fsp3) is 0.909. The number of hydrogen-bond donors (Lipinski definition) is 2. The average molecular weight is 217 g/mol. The summed E-state index contributed by atoms with van der Waals surface area (Å²) in [6.45, 7) is 6.64. The van der Waals surface area contributed by atoms with Gasteiger partial charge in [0, 0.05) is 19.7 Å². The highest BCUT2D eigenvalue weighted by molar-refractivity contribution is 5.73. The van der Waals surface area contributed by atoms with E-state index < -0.39 is 11.4 Å². The Morgan fingerprint density at radius 1 is 1.53 bits per heavy atom. The number of ether oxygens (including phenoxy) is 1. The zero-order valence-electron chi connectivity index (χ0n) is 10.2. The van der Waals surface area contributed by atoms with Crippen molar-refractivity contribution >= 4 is 5.97 Å². The maximum atomic E-state index is 10.9. The molecule has 0 aliphatic heterocycles. The molecule has 0 aromatic heterocycles. The van der Waals surface area contributed by atoms with Gasteiger partial charge in [-0.3, -0.25) is 4.79 Å². The first-order chi connectivity index (χ1) is 6.94. The summed E-state index contributed by atoms with van der Waals surface area (Å²) >= 11 is 0. The molecule has 0 bridgehead atoms. The van der Waals surface area contributed by atoms with Crippen LogP contribution in [-0.4, -0.2) is 37.4 Å². The van der Waals surface area contributed by atoms with Crippen molar-refractivity contribution in [1.29, 1.82) is 0 Å². The van der Waals surface area contributed by atoms with Crippen LogP contribution in [0.5, 0.6) is 0 Å². The molecule has 1 unspecified atom stereocenters. The van der Waals surface area contributed by atoms with Crippen LogP contribution in [0.2, 0.25) is 0 Å². The van der Waals surface area contributed by atoms with Crippen LogP contribution in [0.25, 0.3) is 0 Å². The molecule has 0 radical (unpaired) electrons. The van der Waals surface area contributed by atoms with Gasteiger partial charge in [-0.1, -0.05) is 13.3 Å². The second kappa shape index (κ2) is 6.80. The molecule has 4 heteroatoms. The number of carboxylic acids is 1. The number of nitrogens with one attached hydrogen (secondary N) is 1. The lowest BCUT2D eigenvalue weighted by atomic mass is 9.93. The van der Waals surface area contributed by atoms with Crippen molar-refractivity contribution in [1.82, 2.24) is 5.32 Å². The summed E-state index contributed by atoms with van der Waals surface area (Å²) in [4.78, 5) is 10.9. The number of carbonyl (C=O) groups is 1. The van der Waals surface area contributed by atoms with E-state index in [0.29, 0.717) is 13.2 Å². The molecule has 4 nitrogen and oxygen atoms in total. The van der Waals surface area contributed by atoms with E-state index in [1.54, 1.807) is 21.0 Å². The molecule has 0 saturated carbocycles. The Morgan fingerprint density at radius 2 is 2.13 bits per heavy atom. The van der Waals surface area contributed by atoms with Gasteiger partial charge in [0.25, 0.3) is 0 Å². The molecule has 0 fully saturated rings. The van der Waals surface area contributed by atoms with Gasteiger partial charge in [0.1, 0.15) is 0 Å². The Labute approximate surface area is 92.0 Å². The van der Waals surface area contributed by atoms with Gasteiger partial charge in [-0.05, 0) is 20.3 Å². The molecule has 1 atom stereocenters. The van der Waals surface area contributed by atoms with E-state index in [0.717, 1.165) is 12.8 Å². The maximum absolute atomic E-state index is 10.9. The van der Waals surface area contributed by atoms with Crippen LogP contribution in [0.3, 0.4) is 0 Å². The van der Waals surface area contributed by atoms with E-state index in [4.69, 9.17) is 9.84 Å². The third-order valence-electron chi connectivity index (χ3n) is 2.42. The number of hydrogen-bond acceptors (Lipinski definition) is 3. The first-order valence-corrected chi connectivity index (χ1v) is 5.39. The minimum absolute atomic E-state index is 0.249. The van der Waals surface area contributed by atoms with E-state index in [-0.39, 0.29) is 6.04 Å². The average Bonchev–Trinajstić information content (AvgIpc) is 2.15. The first kappa shape index (κ1) is 14.4. The molecule has 0 rings (SSSR count). The van der Waals surface area contributed by atoms with Gasteiger partial charge < -0.3 is 15.2 Å². The van der Waals surface area contributed by atoms with Crippen LogP contribution in [0.15, 0.2) is 0 Å². The summed E-state index contributed by atoms with van der Waals surface area (Å²) in [7, 11) is 1.66. The molecule has 0 aromatic carbocycles. The van der Waals surface area contributed by atoms with Crippen LogP contribution < -0.4 is 5.32 Å². The van der Waals surface area contributed by atoms with Crippen LogP contribution in [-0.2, 0) is 9.53 Å². The fourth-order valence-corrected chi connectivity index (χ4v) is 1.27. The molecule has 0 amide bonds. The van der Waals surface area contributed by atoms with Gasteiger partial charge in [0.15, 0.2) is 0 Å². The van der Waals surface area contributed by atoms with Crippen LogP contribution in [0.4, 0.5) is 0 Å². The zero-order valence-corrected chi connectivity index (χ0v) is 10.2. The van der Waals surface area contributed by atoms with Gasteiger partial charge in [-0.2, -0.15) is 0 Å². The topological polar surface area (TPSA) is 58.6 Å². The summed E-state index contributed by atoms with van der Waals surface area (Å²) < 4.78 is 5.07. The summed E-state index contributed by atoms with van der Waals surface area (Å²) in [5.41, 5.74) is -0.722. The van der Waals surface area contributed by atoms with Gasteiger partial charge in [-0.15, -0.1) is 0 Å². The first-order valence-electron chi connectivity index (χ1n) is 5.39. The van der Waals surface area contributed by atoms with Gasteiger partial charge >= 0.3 is 5.97 Å². The standard InChI is InChI=1S/C11H23NO3/c1-5-6-9(7-15-4)12-8-11(2,3)10(13)14/h9,12H,5-8H2,1-4H3,(H,13,14). The second-order valence-corrected chi connectivity index (χ2v) is 4.51. The Hall–Kier alpha value is -0.610. The predicted octanol–water partition coefficient (Wildman–Crippen LogP) is 1.50. The van der Waals surface area contributed by atoms with Gasteiger partial charge in [0.2, 0.25) is 0 Å². The quantitative estimate of drug-likeness (QED) is 0.647. The van der Waals surface area contributed by atoms with Crippen molar-refractivity contribution in [3.63, 3.8) is 0 Å². The lowest BCUT2D eigenvalue weighted by Gasteiger charge is -2.24. The molecular formula is C11H23NO3. The normalized spacial score (nSPS) is 13.9. The largest absolute Gasteiger partial charge is 0.481 e. The van der Waals surface area contributed by atoms with Crippen LogP contribution in [0, 0.1) is 5.41 Å². The molecule has 0 aromatic rings.